The number of rotatable bonds is 4. The Bertz CT molecular complexity index is 678. The maximum absolute atomic E-state index is 4.65. The maximum atomic E-state index is 4.65. The molecule has 3 heterocycles. The van der Waals surface area contributed by atoms with Gasteiger partial charge in [0.1, 0.15) is 5.82 Å². The third-order valence-electron chi connectivity index (χ3n) is 5.43. The number of aromatic nitrogens is 4. The molecule has 0 aromatic carbocycles. The number of aryl methyl sites for hydroxylation is 2. The Balaban J connectivity index is 1.31. The van der Waals surface area contributed by atoms with Crippen molar-refractivity contribution in [2.45, 2.75) is 64.5 Å². The molecule has 5 heteroatoms. The summed E-state index contributed by atoms with van der Waals surface area (Å²) < 4.78 is 2.18. The first-order valence-electron chi connectivity index (χ1n) is 9.25. The van der Waals surface area contributed by atoms with E-state index < -0.39 is 0 Å². The average molecular weight is 325 g/mol. The molecular formula is C19H27N5. The van der Waals surface area contributed by atoms with Crippen molar-refractivity contribution in [3.8, 4) is 0 Å². The summed E-state index contributed by atoms with van der Waals surface area (Å²) in [6.07, 6.45) is 10.6. The molecule has 0 amide bonds. The van der Waals surface area contributed by atoms with Crippen molar-refractivity contribution in [2.24, 2.45) is 0 Å². The molecule has 0 unspecified atom stereocenters. The molecule has 1 aliphatic heterocycles. The lowest BCUT2D eigenvalue weighted by atomic mass is 9.89. The number of likely N-dealkylation sites (tertiary alicyclic amines) is 1. The largest absolute Gasteiger partial charge is 0.295 e. The molecule has 24 heavy (non-hydrogen) atoms. The van der Waals surface area contributed by atoms with Gasteiger partial charge in [0.25, 0.3) is 0 Å². The van der Waals surface area contributed by atoms with Gasteiger partial charge in [-0.05, 0) is 32.8 Å². The first-order valence-corrected chi connectivity index (χ1v) is 9.25. The van der Waals surface area contributed by atoms with E-state index in [-0.39, 0.29) is 0 Å². The second-order valence-corrected chi connectivity index (χ2v) is 7.50. The first-order chi connectivity index (χ1) is 11.7. The van der Waals surface area contributed by atoms with E-state index in [9.17, 15) is 0 Å². The second-order valence-electron chi connectivity index (χ2n) is 7.50. The van der Waals surface area contributed by atoms with Crippen LogP contribution in [0, 0.1) is 13.8 Å². The van der Waals surface area contributed by atoms with E-state index in [2.05, 4.69) is 44.6 Å². The topological polar surface area (TPSA) is 46.8 Å². The highest BCUT2D eigenvalue weighted by Gasteiger charge is 2.29. The normalized spacial score (nSPS) is 20.2. The van der Waals surface area contributed by atoms with E-state index in [1.54, 1.807) is 0 Å². The van der Waals surface area contributed by atoms with Gasteiger partial charge in [0.2, 0.25) is 0 Å². The van der Waals surface area contributed by atoms with Gasteiger partial charge in [-0.15, -0.1) is 0 Å². The minimum Gasteiger partial charge on any atom is -0.295 e. The Kier molecular flexibility index (Phi) is 4.35. The van der Waals surface area contributed by atoms with Crippen molar-refractivity contribution in [1.29, 1.82) is 0 Å². The molecule has 2 aromatic rings. The summed E-state index contributed by atoms with van der Waals surface area (Å²) in [6.45, 7) is 7.27. The van der Waals surface area contributed by atoms with E-state index in [4.69, 9.17) is 0 Å². The van der Waals surface area contributed by atoms with Crippen molar-refractivity contribution < 1.29 is 0 Å². The van der Waals surface area contributed by atoms with Gasteiger partial charge in [0.05, 0.1) is 11.7 Å². The Morgan fingerprint density at radius 3 is 2.38 bits per heavy atom. The summed E-state index contributed by atoms with van der Waals surface area (Å²) >= 11 is 0. The summed E-state index contributed by atoms with van der Waals surface area (Å²) in [5, 5.41) is 4.60. The number of hydrogen-bond acceptors (Lipinski definition) is 4. The van der Waals surface area contributed by atoms with Gasteiger partial charge in [-0.1, -0.05) is 19.3 Å². The predicted octanol–water partition coefficient (Wildman–Crippen LogP) is 3.39. The molecule has 0 N–H and O–H groups in total. The van der Waals surface area contributed by atoms with Crippen LogP contribution in [0.3, 0.4) is 0 Å². The van der Waals surface area contributed by atoms with Gasteiger partial charge in [-0.2, -0.15) is 5.10 Å². The van der Waals surface area contributed by atoms with Crippen LogP contribution in [-0.2, 0) is 6.54 Å². The van der Waals surface area contributed by atoms with Crippen molar-refractivity contribution >= 4 is 0 Å². The van der Waals surface area contributed by atoms with Crippen LogP contribution < -0.4 is 0 Å². The summed E-state index contributed by atoms with van der Waals surface area (Å²) in [7, 11) is 0. The SMILES string of the molecule is Cc1cc(C)n(C2CN(Cc3cnc(C4CCCCC4)nc3)C2)n1. The Morgan fingerprint density at radius 2 is 1.75 bits per heavy atom. The third kappa shape index (κ3) is 3.22. The fourth-order valence-electron chi connectivity index (χ4n) is 4.12. The Hall–Kier alpha value is -1.75. The van der Waals surface area contributed by atoms with Gasteiger partial charge in [-0.3, -0.25) is 9.58 Å². The average Bonchev–Trinajstić information content (AvgIpc) is 2.90. The van der Waals surface area contributed by atoms with Crippen LogP contribution in [0.5, 0.6) is 0 Å². The molecule has 0 atom stereocenters. The van der Waals surface area contributed by atoms with Crippen LogP contribution in [0.25, 0.3) is 0 Å². The fraction of sp³-hybridized carbons (Fsp3) is 0.632. The summed E-state index contributed by atoms with van der Waals surface area (Å²) in [6, 6.07) is 2.67. The monoisotopic (exact) mass is 325 g/mol. The molecule has 0 bridgehead atoms. The highest BCUT2D eigenvalue weighted by Crippen LogP contribution is 2.30. The smallest absolute Gasteiger partial charge is 0.131 e. The molecule has 4 rings (SSSR count). The predicted molar refractivity (Wildman–Crippen MR) is 93.9 cm³/mol. The van der Waals surface area contributed by atoms with Gasteiger partial charge < -0.3 is 0 Å². The zero-order chi connectivity index (χ0) is 16.5. The van der Waals surface area contributed by atoms with E-state index in [0.717, 1.165) is 31.2 Å². The Morgan fingerprint density at radius 1 is 1.04 bits per heavy atom. The molecule has 2 fully saturated rings. The minimum absolute atomic E-state index is 0.515. The molecule has 128 valence electrons. The molecule has 0 spiro atoms. The molecule has 1 saturated carbocycles. The lowest BCUT2D eigenvalue weighted by Crippen LogP contribution is -2.47. The van der Waals surface area contributed by atoms with Crippen molar-refractivity contribution in [3.05, 3.63) is 41.2 Å². The molecular weight excluding hydrogens is 298 g/mol. The van der Waals surface area contributed by atoms with Crippen molar-refractivity contribution in [2.75, 3.05) is 13.1 Å². The van der Waals surface area contributed by atoms with Crippen LogP contribution in [0.4, 0.5) is 0 Å². The minimum atomic E-state index is 0.515. The summed E-state index contributed by atoms with van der Waals surface area (Å²) in [5.41, 5.74) is 3.59. The Labute approximate surface area is 144 Å². The lowest BCUT2D eigenvalue weighted by molar-refractivity contribution is 0.0891. The van der Waals surface area contributed by atoms with Gasteiger partial charge >= 0.3 is 0 Å². The third-order valence-corrected chi connectivity index (χ3v) is 5.43. The molecule has 0 radical (unpaired) electrons. The molecule has 2 aromatic heterocycles. The summed E-state index contributed by atoms with van der Waals surface area (Å²) in [5.74, 6) is 1.65. The highest BCUT2D eigenvalue weighted by molar-refractivity contribution is 5.11. The fourth-order valence-corrected chi connectivity index (χ4v) is 4.12. The molecule has 1 aliphatic carbocycles. The van der Waals surface area contributed by atoms with Crippen LogP contribution in [0.1, 0.15) is 66.8 Å². The highest BCUT2D eigenvalue weighted by atomic mass is 15.4. The molecule has 1 saturated heterocycles. The summed E-state index contributed by atoms with van der Waals surface area (Å²) in [4.78, 5) is 11.8. The van der Waals surface area contributed by atoms with Crippen LogP contribution in [-0.4, -0.2) is 37.7 Å². The van der Waals surface area contributed by atoms with Gasteiger partial charge in [0.15, 0.2) is 0 Å². The number of nitrogens with zero attached hydrogens (tertiary/aromatic N) is 5. The van der Waals surface area contributed by atoms with E-state index in [1.807, 2.05) is 12.4 Å². The first kappa shape index (κ1) is 15.8. The van der Waals surface area contributed by atoms with E-state index in [1.165, 1.54) is 43.4 Å². The van der Waals surface area contributed by atoms with E-state index in [0.29, 0.717) is 12.0 Å². The second kappa shape index (κ2) is 6.63. The van der Waals surface area contributed by atoms with Crippen LogP contribution in [0.2, 0.25) is 0 Å². The van der Waals surface area contributed by atoms with Crippen molar-refractivity contribution in [1.82, 2.24) is 24.6 Å². The van der Waals surface area contributed by atoms with Crippen LogP contribution in [0.15, 0.2) is 18.5 Å². The van der Waals surface area contributed by atoms with Gasteiger partial charge in [0, 0.05) is 49.2 Å². The van der Waals surface area contributed by atoms with E-state index >= 15 is 0 Å². The zero-order valence-corrected chi connectivity index (χ0v) is 14.8. The number of hydrogen-bond donors (Lipinski definition) is 0. The van der Waals surface area contributed by atoms with Crippen LogP contribution >= 0.6 is 0 Å². The molecule has 2 aliphatic rings. The standard InChI is InChI=1S/C19H27N5/c1-14-8-15(2)24(22-14)18-12-23(13-18)11-16-9-20-19(21-10-16)17-6-4-3-5-7-17/h8-10,17-18H,3-7,11-13H2,1-2H3. The lowest BCUT2D eigenvalue weighted by Gasteiger charge is -2.39. The maximum Gasteiger partial charge on any atom is 0.131 e. The molecule has 5 nitrogen and oxygen atoms in total. The van der Waals surface area contributed by atoms with Crippen molar-refractivity contribution in [3.63, 3.8) is 0 Å². The van der Waals surface area contributed by atoms with Gasteiger partial charge in [-0.25, -0.2) is 9.97 Å². The quantitative estimate of drug-likeness (QED) is 0.864. The zero-order valence-electron chi connectivity index (χ0n) is 14.8.